The minimum absolute atomic E-state index is 0.112. The number of benzene rings is 2. The molecule has 0 unspecified atom stereocenters. The number of unbranched alkanes of at least 4 members (excludes halogenated alkanes) is 1. The van der Waals surface area contributed by atoms with Gasteiger partial charge in [0.05, 0.1) is 5.69 Å². The summed E-state index contributed by atoms with van der Waals surface area (Å²) in [5.41, 5.74) is 4.80. The van der Waals surface area contributed by atoms with E-state index in [0.717, 1.165) is 53.0 Å². The minimum atomic E-state index is -0.261. The Labute approximate surface area is 203 Å². The third-order valence-corrected chi connectivity index (χ3v) is 5.94. The average Bonchev–Trinajstić information content (AvgIpc) is 3.50. The lowest BCUT2D eigenvalue weighted by atomic mass is 9.98. The third kappa shape index (κ3) is 5.34. The van der Waals surface area contributed by atoms with Crippen molar-refractivity contribution in [2.75, 3.05) is 0 Å². The molecule has 4 rings (SSSR count). The van der Waals surface area contributed by atoms with Crippen molar-refractivity contribution in [2.24, 2.45) is 0 Å². The van der Waals surface area contributed by atoms with E-state index in [1.165, 1.54) is 0 Å². The number of nitrogens with zero attached hydrogens (tertiary/aromatic N) is 5. The molecule has 0 aliphatic rings. The van der Waals surface area contributed by atoms with Crippen LogP contribution < -0.4 is 0 Å². The second-order valence-electron chi connectivity index (χ2n) is 7.95. The lowest BCUT2D eigenvalue weighted by Crippen LogP contribution is -2.12. The number of tetrazole rings is 1. The van der Waals surface area contributed by atoms with Crippen LogP contribution in [-0.4, -0.2) is 36.1 Å². The van der Waals surface area contributed by atoms with Crippen molar-refractivity contribution in [3.05, 3.63) is 70.8 Å². The molecule has 0 saturated heterocycles. The molecule has 0 spiro atoms. The van der Waals surface area contributed by atoms with Crippen LogP contribution in [-0.2, 0) is 29.1 Å². The van der Waals surface area contributed by atoms with Crippen LogP contribution >= 0.6 is 11.6 Å². The molecule has 176 valence electrons. The first-order valence-corrected chi connectivity index (χ1v) is 11.8. The summed E-state index contributed by atoms with van der Waals surface area (Å²) in [6, 6.07) is 16.3. The van der Waals surface area contributed by atoms with Crippen LogP contribution in [0.25, 0.3) is 22.5 Å². The van der Waals surface area contributed by atoms with Crippen LogP contribution in [0.15, 0.2) is 48.5 Å². The van der Waals surface area contributed by atoms with Crippen LogP contribution in [0.4, 0.5) is 0 Å². The van der Waals surface area contributed by atoms with Gasteiger partial charge < -0.3 is 9.30 Å². The standard InChI is InChI=1S/C25H27ClN6O2/c1-3-5-10-22-27-24(26)21(16-34-23(33)4-2)32(22)15-17-11-13-18(14-12-17)19-8-6-7-9-20(19)25-28-30-31-29-25/h6-9,11-14H,3-5,10,15-16H2,1-2H3,(H,28,29,30,31). The molecular formula is C25H27ClN6O2. The zero-order valence-electron chi connectivity index (χ0n) is 19.3. The van der Waals surface area contributed by atoms with E-state index in [1.807, 2.05) is 24.3 Å². The number of imidazole rings is 1. The highest BCUT2D eigenvalue weighted by Crippen LogP contribution is 2.30. The zero-order chi connectivity index (χ0) is 23.9. The summed E-state index contributed by atoms with van der Waals surface area (Å²) in [6.07, 6.45) is 3.20. The average molecular weight is 479 g/mol. The molecule has 0 aliphatic carbocycles. The number of carbonyl (C=O) groups excluding carboxylic acids is 1. The summed E-state index contributed by atoms with van der Waals surface area (Å²) in [4.78, 5) is 16.3. The number of halogens is 1. The molecule has 0 atom stereocenters. The fraction of sp³-hybridized carbons (Fsp3) is 0.320. The lowest BCUT2D eigenvalue weighted by molar-refractivity contribution is -0.144. The number of carbonyl (C=O) groups is 1. The zero-order valence-corrected chi connectivity index (χ0v) is 20.0. The van der Waals surface area contributed by atoms with E-state index in [1.54, 1.807) is 6.92 Å². The third-order valence-electron chi connectivity index (χ3n) is 5.63. The molecule has 2 heterocycles. The van der Waals surface area contributed by atoms with Gasteiger partial charge in [-0.15, -0.1) is 10.2 Å². The number of rotatable bonds is 10. The number of hydrogen-bond acceptors (Lipinski definition) is 6. The van der Waals surface area contributed by atoms with Gasteiger partial charge in [-0.25, -0.2) is 4.98 Å². The monoisotopic (exact) mass is 478 g/mol. The summed E-state index contributed by atoms with van der Waals surface area (Å²) in [7, 11) is 0. The number of nitrogens with one attached hydrogen (secondary N) is 1. The van der Waals surface area contributed by atoms with Gasteiger partial charge in [0.25, 0.3) is 0 Å². The molecule has 1 N–H and O–H groups in total. The van der Waals surface area contributed by atoms with Crippen molar-refractivity contribution in [1.29, 1.82) is 0 Å². The van der Waals surface area contributed by atoms with E-state index in [2.05, 4.69) is 61.4 Å². The second kappa shape index (κ2) is 11.1. The summed E-state index contributed by atoms with van der Waals surface area (Å²) >= 11 is 6.45. The van der Waals surface area contributed by atoms with Gasteiger partial charge in [-0.1, -0.05) is 80.4 Å². The smallest absolute Gasteiger partial charge is 0.305 e. The molecule has 0 saturated carbocycles. The Bertz CT molecular complexity index is 1240. The van der Waals surface area contributed by atoms with Gasteiger partial charge >= 0.3 is 5.97 Å². The van der Waals surface area contributed by atoms with Gasteiger partial charge in [-0.2, -0.15) is 5.21 Å². The molecule has 2 aromatic heterocycles. The molecule has 34 heavy (non-hydrogen) atoms. The van der Waals surface area contributed by atoms with E-state index in [4.69, 9.17) is 16.3 Å². The summed E-state index contributed by atoms with van der Waals surface area (Å²) < 4.78 is 7.45. The Morgan fingerprint density at radius 1 is 1.09 bits per heavy atom. The first-order chi connectivity index (χ1) is 16.6. The van der Waals surface area contributed by atoms with Crippen LogP contribution in [0.3, 0.4) is 0 Å². The van der Waals surface area contributed by atoms with Crippen LogP contribution in [0.2, 0.25) is 5.15 Å². The van der Waals surface area contributed by atoms with Crippen molar-refractivity contribution in [1.82, 2.24) is 30.2 Å². The first kappa shape index (κ1) is 23.6. The largest absolute Gasteiger partial charge is 0.459 e. The molecule has 0 amide bonds. The maximum atomic E-state index is 11.7. The molecular weight excluding hydrogens is 452 g/mol. The van der Waals surface area contributed by atoms with E-state index in [0.29, 0.717) is 23.9 Å². The molecule has 9 heteroatoms. The van der Waals surface area contributed by atoms with Crippen LogP contribution in [0, 0.1) is 0 Å². The minimum Gasteiger partial charge on any atom is -0.459 e. The molecule has 0 fully saturated rings. The maximum Gasteiger partial charge on any atom is 0.305 e. The quantitative estimate of drug-likeness (QED) is 0.313. The molecule has 4 aromatic rings. The Kier molecular flexibility index (Phi) is 7.69. The number of esters is 1. The van der Waals surface area contributed by atoms with Crippen molar-refractivity contribution in [2.45, 2.75) is 52.7 Å². The Balaban J connectivity index is 1.61. The predicted molar refractivity (Wildman–Crippen MR) is 130 cm³/mol. The molecule has 0 radical (unpaired) electrons. The lowest BCUT2D eigenvalue weighted by Gasteiger charge is -2.13. The van der Waals surface area contributed by atoms with Crippen molar-refractivity contribution >= 4 is 17.6 Å². The Hall–Kier alpha value is -3.52. The van der Waals surface area contributed by atoms with Crippen molar-refractivity contribution in [3.63, 3.8) is 0 Å². The summed E-state index contributed by atoms with van der Waals surface area (Å²) in [5.74, 6) is 1.20. The number of aryl methyl sites for hydroxylation is 1. The van der Waals surface area contributed by atoms with Gasteiger partial charge in [0.1, 0.15) is 12.4 Å². The van der Waals surface area contributed by atoms with Crippen molar-refractivity contribution < 1.29 is 9.53 Å². The van der Waals surface area contributed by atoms with E-state index in [9.17, 15) is 4.79 Å². The Morgan fingerprint density at radius 3 is 2.53 bits per heavy atom. The van der Waals surface area contributed by atoms with E-state index < -0.39 is 0 Å². The van der Waals surface area contributed by atoms with Crippen LogP contribution in [0.5, 0.6) is 0 Å². The molecule has 0 bridgehead atoms. The Morgan fingerprint density at radius 2 is 1.85 bits per heavy atom. The predicted octanol–water partition coefficient (Wildman–Crippen LogP) is 5.23. The van der Waals surface area contributed by atoms with Gasteiger partial charge in [0.2, 0.25) is 5.82 Å². The molecule has 8 nitrogen and oxygen atoms in total. The summed E-state index contributed by atoms with van der Waals surface area (Å²) in [6.45, 7) is 4.61. The summed E-state index contributed by atoms with van der Waals surface area (Å²) in [5, 5.41) is 14.8. The van der Waals surface area contributed by atoms with Gasteiger partial charge in [-0.3, -0.25) is 4.79 Å². The molecule has 2 aromatic carbocycles. The highest BCUT2D eigenvalue weighted by Gasteiger charge is 2.18. The topological polar surface area (TPSA) is 98.6 Å². The highest BCUT2D eigenvalue weighted by molar-refractivity contribution is 6.30. The number of aromatic amines is 1. The van der Waals surface area contributed by atoms with Gasteiger partial charge in [-0.05, 0) is 28.3 Å². The van der Waals surface area contributed by atoms with E-state index >= 15 is 0 Å². The first-order valence-electron chi connectivity index (χ1n) is 11.4. The van der Waals surface area contributed by atoms with Gasteiger partial charge in [0.15, 0.2) is 5.15 Å². The number of H-pyrrole nitrogens is 1. The van der Waals surface area contributed by atoms with Crippen molar-refractivity contribution in [3.8, 4) is 22.5 Å². The van der Waals surface area contributed by atoms with Crippen LogP contribution in [0.1, 0.15) is 50.2 Å². The number of ether oxygens (including phenoxy) is 1. The van der Waals surface area contributed by atoms with Gasteiger partial charge in [0, 0.05) is 24.9 Å². The fourth-order valence-electron chi connectivity index (χ4n) is 3.78. The normalized spacial score (nSPS) is 11.0. The maximum absolute atomic E-state index is 11.7. The number of hydrogen-bond donors (Lipinski definition) is 1. The molecule has 0 aliphatic heterocycles. The SMILES string of the molecule is CCCCc1nc(Cl)c(COC(=O)CC)n1Cc1ccc(-c2ccccc2-c2nn[nH]n2)cc1. The fourth-order valence-corrected chi connectivity index (χ4v) is 4.04. The second-order valence-corrected chi connectivity index (χ2v) is 8.31. The number of aromatic nitrogens is 6. The van der Waals surface area contributed by atoms with E-state index in [-0.39, 0.29) is 12.6 Å². The highest BCUT2D eigenvalue weighted by atomic mass is 35.5.